The van der Waals surface area contributed by atoms with Crippen molar-refractivity contribution in [3.05, 3.63) is 23.8 Å². The van der Waals surface area contributed by atoms with Crippen LogP contribution in [0.3, 0.4) is 0 Å². The van der Waals surface area contributed by atoms with E-state index in [1.807, 2.05) is 12.1 Å². The lowest BCUT2D eigenvalue weighted by Crippen LogP contribution is -2.49. The van der Waals surface area contributed by atoms with Crippen molar-refractivity contribution < 1.29 is 28.9 Å². The minimum Gasteiger partial charge on any atom is -0.504 e. The summed E-state index contributed by atoms with van der Waals surface area (Å²) in [5, 5.41) is 13.4. The molecule has 1 aromatic rings. The SMILES string of the molecule is CCCCC[C@H](C[C@@H](OC(C)=O)C1(Cc2ccc(O)c(OC)c2)CCNCC1)OC(C)=O. The van der Waals surface area contributed by atoms with Crippen LogP contribution < -0.4 is 10.1 Å². The summed E-state index contributed by atoms with van der Waals surface area (Å²) < 4.78 is 16.9. The van der Waals surface area contributed by atoms with Gasteiger partial charge in [-0.25, -0.2) is 0 Å². The minimum atomic E-state index is -0.382. The number of esters is 2. The largest absolute Gasteiger partial charge is 0.504 e. The van der Waals surface area contributed by atoms with E-state index in [9.17, 15) is 14.7 Å². The Kier molecular flexibility index (Phi) is 10.3. The first-order valence-electron chi connectivity index (χ1n) is 11.7. The van der Waals surface area contributed by atoms with Crippen molar-refractivity contribution in [2.45, 2.75) is 84.3 Å². The monoisotopic (exact) mass is 449 g/mol. The molecule has 1 heterocycles. The van der Waals surface area contributed by atoms with Crippen LogP contribution in [0.15, 0.2) is 18.2 Å². The molecule has 7 nitrogen and oxygen atoms in total. The number of methoxy groups -OCH3 is 1. The molecule has 0 aromatic heterocycles. The highest BCUT2D eigenvalue weighted by molar-refractivity contribution is 5.66. The minimum absolute atomic E-state index is 0.0954. The Morgan fingerprint density at radius 1 is 1.12 bits per heavy atom. The zero-order chi connectivity index (χ0) is 23.6. The number of aromatic hydroxyl groups is 1. The molecule has 1 aliphatic rings. The molecule has 0 radical (unpaired) electrons. The average Bonchev–Trinajstić information content (AvgIpc) is 2.74. The molecule has 0 saturated carbocycles. The van der Waals surface area contributed by atoms with Gasteiger partial charge in [0.15, 0.2) is 11.5 Å². The van der Waals surface area contributed by atoms with Gasteiger partial charge < -0.3 is 24.6 Å². The zero-order valence-corrected chi connectivity index (χ0v) is 19.9. The maximum absolute atomic E-state index is 12.1. The Bertz CT molecular complexity index is 744. The molecule has 1 fully saturated rings. The number of rotatable bonds is 12. The van der Waals surface area contributed by atoms with Crippen molar-refractivity contribution >= 4 is 11.9 Å². The van der Waals surface area contributed by atoms with Crippen molar-refractivity contribution in [3.8, 4) is 11.5 Å². The second kappa shape index (κ2) is 12.7. The molecule has 1 aliphatic heterocycles. The summed E-state index contributed by atoms with van der Waals surface area (Å²) in [6.45, 7) is 6.64. The summed E-state index contributed by atoms with van der Waals surface area (Å²) in [6.07, 6.45) is 6.01. The van der Waals surface area contributed by atoms with Gasteiger partial charge in [-0.15, -0.1) is 0 Å². The van der Waals surface area contributed by atoms with Gasteiger partial charge in [-0.1, -0.05) is 25.8 Å². The molecular formula is C25H39NO6. The number of unbranched alkanes of at least 4 members (excludes halogenated alkanes) is 2. The topological polar surface area (TPSA) is 94.1 Å². The van der Waals surface area contributed by atoms with E-state index in [0.29, 0.717) is 18.6 Å². The summed E-state index contributed by atoms with van der Waals surface area (Å²) in [7, 11) is 1.53. The van der Waals surface area contributed by atoms with Crippen molar-refractivity contribution in [2.75, 3.05) is 20.2 Å². The molecule has 180 valence electrons. The molecule has 1 saturated heterocycles. The zero-order valence-electron chi connectivity index (χ0n) is 19.9. The van der Waals surface area contributed by atoms with Crippen LogP contribution in [0.4, 0.5) is 0 Å². The summed E-state index contributed by atoms with van der Waals surface area (Å²) in [5.41, 5.74) is 0.705. The Morgan fingerprint density at radius 2 is 1.81 bits per heavy atom. The number of piperidine rings is 1. The molecule has 2 rings (SSSR count). The molecule has 32 heavy (non-hydrogen) atoms. The van der Waals surface area contributed by atoms with Crippen molar-refractivity contribution in [2.24, 2.45) is 5.41 Å². The number of carbonyl (C=O) groups excluding carboxylic acids is 2. The number of hydrogen-bond donors (Lipinski definition) is 2. The Labute approximate surface area is 191 Å². The summed E-state index contributed by atoms with van der Waals surface area (Å²) in [4.78, 5) is 23.9. The average molecular weight is 450 g/mol. The van der Waals surface area contributed by atoms with E-state index in [0.717, 1.165) is 57.2 Å². The molecule has 7 heteroatoms. The molecule has 0 spiro atoms. The highest BCUT2D eigenvalue weighted by atomic mass is 16.6. The van der Waals surface area contributed by atoms with Crippen LogP contribution in [-0.4, -0.2) is 49.5 Å². The fourth-order valence-corrected chi connectivity index (χ4v) is 4.72. The Hall–Kier alpha value is -2.28. The number of ether oxygens (including phenoxy) is 3. The van der Waals surface area contributed by atoms with Gasteiger partial charge in [0.05, 0.1) is 7.11 Å². The number of phenols is 1. The van der Waals surface area contributed by atoms with E-state index in [1.54, 1.807) is 6.07 Å². The van der Waals surface area contributed by atoms with E-state index in [2.05, 4.69) is 12.2 Å². The first-order valence-corrected chi connectivity index (χ1v) is 11.7. The molecule has 0 bridgehead atoms. The number of phenolic OH excluding ortho intramolecular Hbond substituents is 1. The predicted molar refractivity (Wildman–Crippen MR) is 123 cm³/mol. The van der Waals surface area contributed by atoms with Crippen LogP contribution in [0.2, 0.25) is 0 Å². The van der Waals surface area contributed by atoms with Gasteiger partial charge in [0.2, 0.25) is 0 Å². The lowest BCUT2D eigenvalue weighted by Gasteiger charge is -2.44. The van der Waals surface area contributed by atoms with Crippen LogP contribution in [-0.2, 0) is 25.5 Å². The summed E-state index contributed by atoms with van der Waals surface area (Å²) in [6, 6.07) is 5.36. The molecular weight excluding hydrogens is 410 g/mol. The first kappa shape index (κ1) is 26.0. The van der Waals surface area contributed by atoms with Crippen LogP contribution in [0.25, 0.3) is 0 Å². The van der Waals surface area contributed by atoms with Gasteiger partial charge in [0.1, 0.15) is 12.2 Å². The second-order valence-corrected chi connectivity index (χ2v) is 8.86. The number of carbonyl (C=O) groups is 2. The van der Waals surface area contributed by atoms with Crippen LogP contribution in [0, 0.1) is 5.41 Å². The van der Waals surface area contributed by atoms with Gasteiger partial charge >= 0.3 is 11.9 Å². The molecule has 0 unspecified atom stereocenters. The maximum atomic E-state index is 12.1. The number of nitrogens with one attached hydrogen (secondary N) is 1. The third kappa shape index (κ3) is 7.69. The number of hydrogen-bond acceptors (Lipinski definition) is 7. The van der Waals surface area contributed by atoms with Gasteiger partial charge in [0, 0.05) is 25.7 Å². The fourth-order valence-electron chi connectivity index (χ4n) is 4.72. The van der Waals surface area contributed by atoms with Gasteiger partial charge in [-0.3, -0.25) is 9.59 Å². The fraction of sp³-hybridized carbons (Fsp3) is 0.680. The standard InChI is InChI=1S/C25H39NO6/c1-5-6-7-8-21(31-18(2)27)16-24(32-19(3)28)25(11-13-26-14-12-25)17-20-9-10-22(29)23(15-20)30-4/h9-10,15,21,24,26,29H,5-8,11-14,16-17H2,1-4H3/t21-,24-/m1/s1. The van der Waals surface area contributed by atoms with Crippen molar-refractivity contribution in [1.29, 1.82) is 0 Å². The predicted octanol–water partition coefficient (Wildman–Crippen LogP) is 4.15. The second-order valence-electron chi connectivity index (χ2n) is 8.86. The van der Waals surface area contributed by atoms with E-state index in [1.165, 1.54) is 21.0 Å². The quantitative estimate of drug-likeness (QED) is 0.366. The lowest BCUT2D eigenvalue weighted by molar-refractivity contribution is -0.162. The smallest absolute Gasteiger partial charge is 0.302 e. The third-order valence-corrected chi connectivity index (χ3v) is 6.33. The normalized spacial score (nSPS) is 17.2. The lowest BCUT2D eigenvalue weighted by atomic mass is 9.68. The molecule has 1 aromatic carbocycles. The van der Waals surface area contributed by atoms with E-state index < -0.39 is 0 Å². The molecule has 0 amide bonds. The molecule has 2 N–H and O–H groups in total. The Balaban J connectivity index is 2.33. The van der Waals surface area contributed by atoms with Crippen LogP contribution >= 0.6 is 0 Å². The van der Waals surface area contributed by atoms with Crippen LogP contribution in [0.5, 0.6) is 11.5 Å². The van der Waals surface area contributed by atoms with Gasteiger partial charge in [-0.2, -0.15) is 0 Å². The molecule has 2 atom stereocenters. The summed E-state index contributed by atoms with van der Waals surface area (Å²) >= 11 is 0. The first-order chi connectivity index (χ1) is 15.3. The van der Waals surface area contributed by atoms with E-state index in [4.69, 9.17) is 14.2 Å². The van der Waals surface area contributed by atoms with Crippen LogP contribution in [0.1, 0.15) is 71.3 Å². The van der Waals surface area contributed by atoms with E-state index in [-0.39, 0.29) is 35.3 Å². The van der Waals surface area contributed by atoms with E-state index >= 15 is 0 Å². The third-order valence-electron chi connectivity index (χ3n) is 6.33. The summed E-state index contributed by atoms with van der Waals surface area (Å²) in [5.74, 6) is -0.118. The maximum Gasteiger partial charge on any atom is 0.302 e. The highest BCUT2D eigenvalue weighted by Crippen LogP contribution is 2.42. The number of benzene rings is 1. The van der Waals surface area contributed by atoms with Crippen molar-refractivity contribution in [1.82, 2.24) is 5.32 Å². The molecule has 0 aliphatic carbocycles. The highest BCUT2D eigenvalue weighted by Gasteiger charge is 2.43. The van der Waals surface area contributed by atoms with Crippen molar-refractivity contribution in [3.63, 3.8) is 0 Å². The van der Waals surface area contributed by atoms with Gasteiger partial charge in [0.25, 0.3) is 0 Å². The van der Waals surface area contributed by atoms with Gasteiger partial charge in [-0.05, 0) is 62.9 Å². The Morgan fingerprint density at radius 3 is 2.41 bits per heavy atom.